The molecule has 0 fully saturated rings. The molecule has 0 N–H and O–H groups in total. The van der Waals surface area contributed by atoms with Crippen molar-refractivity contribution < 1.29 is 74.4 Å². The highest BCUT2D eigenvalue weighted by atomic mass is 32.2. The number of hydrogen-bond donors (Lipinski definition) is 0. The maximum Gasteiger partial charge on any atom is 0.338 e. The molecule has 16 nitrogen and oxygen atoms in total. The molecule has 0 aliphatic rings. The molecule has 0 aliphatic heterocycles. The van der Waals surface area contributed by atoms with Crippen molar-refractivity contribution in [3.05, 3.63) is 108 Å². The zero-order chi connectivity index (χ0) is 86.1. The minimum atomic E-state index is -0.217. The zero-order valence-corrected chi connectivity index (χ0v) is 80.9. The molecular formula is C91H172N7O9S5+7. The fourth-order valence-electron chi connectivity index (χ4n) is 13.6. The lowest BCUT2D eigenvalue weighted by molar-refractivity contribution is -0.929. The third kappa shape index (κ3) is 60.0. The van der Waals surface area contributed by atoms with Crippen molar-refractivity contribution in [2.24, 2.45) is 0 Å². The van der Waals surface area contributed by atoms with Gasteiger partial charge in [0, 0.05) is 33.3 Å². The molecule has 0 bridgehead atoms. The minimum absolute atomic E-state index is 0.0592. The summed E-state index contributed by atoms with van der Waals surface area (Å²) in [6.45, 7) is 69.3. The van der Waals surface area contributed by atoms with Crippen LogP contribution in [-0.2, 0) is 28.7 Å². The van der Waals surface area contributed by atoms with E-state index >= 15 is 0 Å². The standard InChI is InChI=1S/C19H32NO2.C18H30NO2.C13H28NOS.C12H18NOS.C12H26NOS.C10H22NOS.C7H16NOS/c1-5-8-15-20(7-3,14-6-2)16-17(4)22-19(21)18-12-10-9-11-13-18;1-5-13-19(7-3,14-6-2)15-16(4)21-18(20)17-11-9-8-10-12-17;1-5-8-10-14(7-3,9-6-2)11-12-16-13(4)15;1-13(2,3)9-10-15-12(14)11-7-5-4-6-8-11;1-5-8-13(7-3,9-6-2)10-11-15-12(4)14;1-5-11(6-2,7-3)8-9-13-10(4)12;1-7(9)10-6-5-8(2,3)4/h9-13,17H,5-8,14-16H2,1-4H3;8-12,16H,5-7,13-15H2,1-4H3;5-12H2,1-4H3;4-8H,9-10H2,1-3H3;5-11H2,1-4H3;5-9H2,1-4H3;5-6H2,1-4H3/q7*+1. The van der Waals surface area contributed by atoms with E-state index in [2.05, 4.69) is 146 Å². The van der Waals surface area contributed by atoms with Crippen molar-refractivity contribution in [2.45, 2.75) is 222 Å². The maximum absolute atomic E-state index is 12.2. The summed E-state index contributed by atoms with van der Waals surface area (Å²) in [5, 5.41) is 1.12. The lowest BCUT2D eigenvalue weighted by Gasteiger charge is -2.39. The van der Waals surface area contributed by atoms with Crippen molar-refractivity contribution in [1.82, 2.24) is 0 Å². The van der Waals surface area contributed by atoms with Crippen molar-refractivity contribution in [3.8, 4) is 0 Å². The molecular weight excluding hydrogens is 1500 g/mol. The van der Waals surface area contributed by atoms with Crippen molar-refractivity contribution >= 4 is 96.3 Å². The molecule has 0 heterocycles. The minimum Gasteiger partial charge on any atom is -0.453 e. The van der Waals surface area contributed by atoms with Crippen LogP contribution in [0.15, 0.2) is 91.0 Å². The van der Waals surface area contributed by atoms with E-state index in [0.717, 1.165) is 155 Å². The van der Waals surface area contributed by atoms with E-state index in [9.17, 15) is 33.6 Å². The van der Waals surface area contributed by atoms with Gasteiger partial charge in [-0.3, -0.25) is 24.0 Å². The van der Waals surface area contributed by atoms with Crippen LogP contribution in [0.25, 0.3) is 0 Å². The third-order valence-electron chi connectivity index (χ3n) is 20.5. The second kappa shape index (κ2) is 68.3. The fraction of sp³-hybridized carbons (Fsp3) is 0.725. The van der Waals surface area contributed by atoms with E-state index in [1.807, 2.05) is 80.6 Å². The summed E-state index contributed by atoms with van der Waals surface area (Å²) < 4.78 is 18.7. The molecule has 0 saturated carbocycles. The summed E-state index contributed by atoms with van der Waals surface area (Å²) in [7, 11) is 12.8. The topological polar surface area (TPSA) is 138 Å². The summed E-state index contributed by atoms with van der Waals surface area (Å²) in [6, 6.07) is 27.9. The van der Waals surface area contributed by atoms with Crippen molar-refractivity contribution in [1.29, 1.82) is 0 Å². The molecule has 648 valence electrons. The largest absolute Gasteiger partial charge is 0.453 e. The highest BCUT2D eigenvalue weighted by molar-refractivity contribution is 8.14. The molecule has 0 aliphatic carbocycles. The molecule has 0 spiro atoms. The lowest BCUT2D eigenvalue weighted by Crippen LogP contribution is -2.53. The summed E-state index contributed by atoms with van der Waals surface area (Å²) in [5.74, 6) is 4.29. The van der Waals surface area contributed by atoms with Crippen LogP contribution in [0.5, 0.6) is 0 Å². The van der Waals surface area contributed by atoms with Gasteiger partial charge in [0.25, 0.3) is 0 Å². The van der Waals surface area contributed by atoms with Gasteiger partial charge in [0.05, 0.1) is 213 Å². The van der Waals surface area contributed by atoms with Gasteiger partial charge in [0.15, 0.2) is 20.5 Å². The van der Waals surface area contributed by atoms with Crippen LogP contribution in [0.2, 0.25) is 0 Å². The van der Waals surface area contributed by atoms with Gasteiger partial charge in [-0.15, -0.1) is 0 Å². The quantitative estimate of drug-likeness (QED) is 0.0391. The number of nitrogens with zero attached hydrogens (tertiary/aromatic N) is 7. The van der Waals surface area contributed by atoms with Crippen LogP contribution < -0.4 is 0 Å². The van der Waals surface area contributed by atoms with Crippen LogP contribution >= 0.6 is 58.8 Å². The van der Waals surface area contributed by atoms with Gasteiger partial charge < -0.3 is 40.9 Å². The second-order valence-electron chi connectivity index (χ2n) is 32.0. The van der Waals surface area contributed by atoms with Gasteiger partial charge >= 0.3 is 11.9 Å². The fourth-order valence-corrected chi connectivity index (χ4v) is 17.9. The van der Waals surface area contributed by atoms with Crippen LogP contribution in [0.4, 0.5) is 0 Å². The highest BCUT2D eigenvalue weighted by Gasteiger charge is 2.31. The van der Waals surface area contributed by atoms with Crippen LogP contribution in [0, 0.1) is 0 Å². The Morgan fingerprint density at radius 2 is 0.518 bits per heavy atom. The summed E-state index contributed by atoms with van der Waals surface area (Å²) in [4.78, 5) is 79.0. The number of thioether (sulfide) groups is 5. The molecule has 21 heteroatoms. The van der Waals surface area contributed by atoms with Crippen LogP contribution in [0.3, 0.4) is 0 Å². The predicted molar refractivity (Wildman–Crippen MR) is 494 cm³/mol. The summed E-state index contributed by atoms with van der Waals surface area (Å²) >= 11 is 7.20. The number of esters is 2. The summed E-state index contributed by atoms with van der Waals surface area (Å²) in [6.07, 6.45) is 12.1. The number of rotatable bonds is 49. The first kappa shape index (κ1) is 115. The Morgan fingerprint density at radius 3 is 0.777 bits per heavy atom. The normalized spacial score (nSPS) is 13.0. The number of carbonyl (C=O) groups excluding carboxylic acids is 7. The van der Waals surface area contributed by atoms with Crippen LogP contribution in [0.1, 0.15) is 241 Å². The van der Waals surface area contributed by atoms with Crippen LogP contribution in [-0.4, -0.2) is 296 Å². The summed E-state index contributed by atoms with van der Waals surface area (Å²) in [5.41, 5.74) is 2.06. The Labute approximate surface area is 710 Å². The number of hydrogen-bond acceptors (Lipinski definition) is 14. The molecule has 4 atom stereocenters. The highest BCUT2D eigenvalue weighted by Crippen LogP contribution is 2.20. The van der Waals surface area contributed by atoms with E-state index in [-0.39, 0.29) is 49.7 Å². The van der Waals surface area contributed by atoms with E-state index in [1.54, 1.807) is 52.0 Å². The Balaban J connectivity index is -0.000000616. The zero-order valence-electron chi connectivity index (χ0n) is 76.8. The smallest absolute Gasteiger partial charge is 0.338 e. The van der Waals surface area contributed by atoms with Gasteiger partial charge in [-0.2, -0.15) is 0 Å². The Morgan fingerprint density at radius 1 is 0.286 bits per heavy atom. The van der Waals surface area contributed by atoms with Gasteiger partial charge in [-0.25, -0.2) is 9.59 Å². The SMILES string of the molecule is CC(=O)SCC[N+](C)(C)C.CCCC[N+](CC)(CCC)CC(C)OC(=O)c1ccccc1.CCCC[N+](CC)(CCC)CCSC(C)=O.CCC[N+](CC)(CCC)CC(C)OC(=O)c1ccccc1.CCC[N+](CC)(CCC)CCSC(C)=O.CC[N+](CC)(CC)CCSC(C)=O.C[N+](C)(C)CCSC(=O)c1ccccc1. The second-order valence-corrected chi connectivity index (χ2v) is 38.2. The lowest BCUT2D eigenvalue weighted by atomic mass is 10.2. The molecule has 0 radical (unpaired) electrons. The van der Waals surface area contributed by atoms with E-state index in [0.29, 0.717) is 11.1 Å². The van der Waals surface area contributed by atoms with Gasteiger partial charge in [0.2, 0.25) is 5.12 Å². The maximum atomic E-state index is 12.2. The molecule has 0 saturated heterocycles. The Hall–Kier alpha value is -3.58. The average molecular weight is 1670 g/mol. The predicted octanol–water partition coefficient (Wildman–Crippen LogP) is 19.8. The number of ether oxygens (including phenoxy) is 2. The molecule has 112 heavy (non-hydrogen) atoms. The molecule has 3 aromatic carbocycles. The number of likely N-dealkylation sites (N-methyl/N-ethyl adjacent to an activating group) is 2. The third-order valence-corrected chi connectivity index (χ3v) is 24.5. The molecule has 0 amide bonds. The van der Waals surface area contributed by atoms with Crippen molar-refractivity contribution in [3.63, 3.8) is 0 Å². The van der Waals surface area contributed by atoms with E-state index in [1.165, 1.54) is 178 Å². The number of carbonyl (C=O) groups is 7. The Bertz CT molecular complexity index is 2830. The first-order chi connectivity index (χ1) is 52.8. The van der Waals surface area contributed by atoms with Gasteiger partial charge in [-0.05, 0) is 138 Å². The van der Waals surface area contributed by atoms with Crippen molar-refractivity contribution in [2.75, 3.05) is 215 Å². The molecule has 0 aromatic heterocycles. The number of unbranched alkanes of at least 4 members (excludes halogenated alkanes) is 2. The number of benzene rings is 3. The van der Waals surface area contributed by atoms with Gasteiger partial charge in [-0.1, -0.05) is 194 Å². The molecule has 3 aromatic rings. The van der Waals surface area contributed by atoms with Gasteiger partial charge in [0.1, 0.15) is 25.3 Å². The monoisotopic (exact) mass is 1670 g/mol. The average Bonchev–Trinajstić information content (AvgIpc) is 0.889. The molecule has 4 unspecified atom stereocenters. The first-order valence-corrected chi connectivity index (χ1v) is 47.9. The van der Waals surface area contributed by atoms with E-state index in [4.69, 9.17) is 9.47 Å². The van der Waals surface area contributed by atoms with E-state index < -0.39 is 0 Å². The number of quaternary nitrogens is 7. The molecule has 3 rings (SSSR count). The first-order valence-electron chi connectivity index (χ1n) is 43.0. The Kier molecular flexibility index (Phi) is 70.0.